The van der Waals surface area contributed by atoms with E-state index < -0.39 is 17.6 Å². The molecule has 2 rings (SSSR count). The van der Waals surface area contributed by atoms with Crippen LogP contribution in [0.4, 0.5) is 8.78 Å². The number of carbonyl (C=O) groups excluding carboxylic acids is 1. The topological polar surface area (TPSA) is 52.3 Å². The largest absolute Gasteiger partial charge is 0.456 e. The summed E-state index contributed by atoms with van der Waals surface area (Å²) < 4.78 is 36.1. The lowest BCUT2D eigenvalue weighted by Gasteiger charge is -1.97. The van der Waals surface area contributed by atoms with Gasteiger partial charge in [0, 0.05) is 18.2 Å². The Balaban J connectivity index is 2.10. The van der Waals surface area contributed by atoms with Gasteiger partial charge in [-0.2, -0.15) is 0 Å². The summed E-state index contributed by atoms with van der Waals surface area (Å²) in [7, 11) is 0. The molecule has 0 N–H and O–H groups in total. The highest BCUT2D eigenvalue weighted by Crippen LogP contribution is 2.24. The molecule has 0 aliphatic rings. The molecule has 1 aromatic carbocycles. The first-order chi connectivity index (χ1) is 9.60. The summed E-state index contributed by atoms with van der Waals surface area (Å²) in [6, 6.07) is 4.55. The number of hydrogen-bond acceptors (Lipinski definition) is 4. The van der Waals surface area contributed by atoms with Crippen LogP contribution in [-0.4, -0.2) is 11.1 Å². The number of carbonyl (C=O) groups is 1. The Kier molecular flexibility index (Phi) is 4.24. The lowest BCUT2D eigenvalue weighted by molar-refractivity contribution is -0.139. The number of benzene rings is 1. The quantitative estimate of drug-likeness (QED) is 0.637. The van der Waals surface area contributed by atoms with Crippen molar-refractivity contribution in [2.24, 2.45) is 0 Å². The smallest absolute Gasteiger partial charge is 0.330 e. The summed E-state index contributed by atoms with van der Waals surface area (Å²) in [5, 5.41) is 3.65. The van der Waals surface area contributed by atoms with Crippen LogP contribution in [0.3, 0.4) is 0 Å². The number of allylic oxidation sites excluding steroid dienone is 1. The van der Waals surface area contributed by atoms with Gasteiger partial charge in [0.15, 0.2) is 5.76 Å². The zero-order valence-corrected chi connectivity index (χ0v) is 10.6. The molecule has 104 valence electrons. The Morgan fingerprint density at radius 2 is 2.20 bits per heavy atom. The first-order valence-corrected chi connectivity index (χ1v) is 5.80. The number of ether oxygens (including phenoxy) is 1. The Morgan fingerprint density at radius 3 is 2.90 bits per heavy atom. The van der Waals surface area contributed by atoms with E-state index in [1.165, 1.54) is 18.2 Å². The van der Waals surface area contributed by atoms with Crippen molar-refractivity contribution in [1.82, 2.24) is 5.16 Å². The van der Waals surface area contributed by atoms with Crippen LogP contribution in [-0.2, 0) is 16.1 Å². The van der Waals surface area contributed by atoms with Crippen LogP contribution in [0.5, 0.6) is 0 Å². The Bertz CT molecular complexity index is 650. The summed E-state index contributed by atoms with van der Waals surface area (Å²) in [6.07, 6.45) is 2.81. The van der Waals surface area contributed by atoms with E-state index in [9.17, 15) is 13.6 Å². The van der Waals surface area contributed by atoms with Crippen molar-refractivity contribution in [3.8, 4) is 11.3 Å². The van der Waals surface area contributed by atoms with Crippen LogP contribution < -0.4 is 0 Å². The molecule has 0 spiro atoms. The molecule has 4 nitrogen and oxygen atoms in total. The van der Waals surface area contributed by atoms with Gasteiger partial charge in [0.05, 0.1) is 5.56 Å². The van der Waals surface area contributed by atoms with E-state index in [1.54, 1.807) is 13.0 Å². The molecule has 0 aliphatic heterocycles. The van der Waals surface area contributed by atoms with Gasteiger partial charge in [-0.05, 0) is 19.1 Å². The van der Waals surface area contributed by atoms with Crippen molar-refractivity contribution in [2.75, 3.05) is 0 Å². The van der Waals surface area contributed by atoms with Gasteiger partial charge in [0.2, 0.25) is 0 Å². The Hall–Kier alpha value is -2.50. The first-order valence-electron chi connectivity index (χ1n) is 5.80. The van der Waals surface area contributed by atoms with Gasteiger partial charge in [0.25, 0.3) is 0 Å². The third kappa shape index (κ3) is 3.28. The monoisotopic (exact) mass is 279 g/mol. The number of esters is 1. The predicted molar refractivity (Wildman–Crippen MR) is 66.5 cm³/mol. The zero-order valence-electron chi connectivity index (χ0n) is 10.6. The molecule has 1 heterocycles. The number of nitrogens with zero attached hydrogens (tertiary/aromatic N) is 1. The van der Waals surface area contributed by atoms with E-state index in [0.29, 0.717) is 5.69 Å². The highest BCUT2D eigenvalue weighted by molar-refractivity contribution is 5.81. The summed E-state index contributed by atoms with van der Waals surface area (Å²) >= 11 is 0. The van der Waals surface area contributed by atoms with Gasteiger partial charge in [-0.15, -0.1) is 0 Å². The molecule has 0 amide bonds. The van der Waals surface area contributed by atoms with Gasteiger partial charge in [-0.1, -0.05) is 11.2 Å². The van der Waals surface area contributed by atoms with Gasteiger partial charge < -0.3 is 9.26 Å². The number of hydrogen-bond donors (Lipinski definition) is 0. The molecule has 0 saturated carbocycles. The Morgan fingerprint density at radius 1 is 1.40 bits per heavy atom. The molecule has 0 saturated heterocycles. The summed E-state index contributed by atoms with van der Waals surface area (Å²) in [4.78, 5) is 11.1. The maximum atomic E-state index is 13.5. The highest BCUT2D eigenvalue weighted by atomic mass is 19.1. The van der Waals surface area contributed by atoms with E-state index in [2.05, 4.69) is 5.16 Å². The molecule has 0 unspecified atom stereocenters. The second-order valence-corrected chi connectivity index (χ2v) is 3.91. The number of rotatable bonds is 4. The van der Waals surface area contributed by atoms with Crippen LogP contribution in [0.15, 0.2) is 40.9 Å². The molecular formula is C14H11F2NO3. The standard InChI is InChI=1S/C14H11F2NO3/c1-2-3-14(18)19-8-10-7-13(20-17-10)11-5-4-9(15)6-12(11)16/h2-7H,8H2,1H3/b3-2-. The average Bonchev–Trinajstić information content (AvgIpc) is 2.85. The molecular weight excluding hydrogens is 268 g/mol. The number of aromatic nitrogens is 1. The van der Waals surface area contributed by atoms with Crippen molar-refractivity contribution in [1.29, 1.82) is 0 Å². The molecule has 6 heteroatoms. The SMILES string of the molecule is C/C=C\C(=O)OCc1cc(-c2ccc(F)cc2F)on1. The van der Waals surface area contributed by atoms with Crippen molar-refractivity contribution >= 4 is 5.97 Å². The summed E-state index contributed by atoms with van der Waals surface area (Å²) in [5.74, 6) is -1.80. The first kappa shape index (κ1) is 13.9. The normalized spacial score (nSPS) is 10.9. The maximum absolute atomic E-state index is 13.5. The minimum Gasteiger partial charge on any atom is -0.456 e. The van der Waals surface area contributed by atoms with Crippen LogP contribution in [0.1, 0.15) is 12.6 Å². The second-order valence-electron chi connectivity index (χ2n) is 3.91. The van der Waals surface area contributed by atoms with Gasteiger partial charge in [0.1, 0.15) is 23.9 Å². The molecule has 0 aliphatic carbocycles. The molecule has 0 bridgehead atoms. The van der Waals surface area contributed by atoms with E-state index in [1.807, 2.05) is 0 Å². The van der Waals surface area contributed by atoms with E-state index >= 15 is 0 Å². The molecule has 0 radical (unpaired) electrons. The van der Waals surface area contributed by atoms with Crippen molar-refractivity contribution in [2.45, 2.75) is 13.5 Å². The lowest BCUT2D eigenvalue weighted by Crippen LogP contribution is -2.00. The molecule has 0 fully saturated rings. The number of halogens is 2. The third-order valence-electron chi connectivity index (χ3n) is 2.42. The van der Waals surface area contributed by atoms with Gasteiger partial charge >= 0.3 is 5.97 Å². The van der Waals surface area contributed by atoms with Crippen molar-refractivity contribution in [3.63, 3.8) is 0 Å². The predicted octanol–water partition coefficient (Wildman–Crippen LogP) is 3.24. The minimum absolute atomic E-state index is 0.0878. The molecule has 2 aromatic rings. The van der Waals surface area contributed by atoms with Crippen LogP contribution in [0.2, 0.25) is 0 Å². The summed E-state index contributed by atoms with van der Waals surface area (Å²) in [6.45, 7) is 1.60. The fourth-order valence-corrected chi connectivity index (χ4v) is 1.53. The van der Waals surface area contributed by atoms with Crippen LogP contribution in [0, 0.1) is 11.6 Å². The molecule has 1 aromatic heterocycles. The van der Waals surface area contributed by atoms with Gasteiger partial charge in [-0.3, -0.25) is 0 Å². The van der Waals surface area contributed by atoms with E-state index in [0.717, 1.165) is 12.1 Å². The second kappa shape index (κ2) is 6.10. The van der Waals surface area contributed by atoms with Crippen molar-refractivity contribution < 1.29 is 22.8 Å². The maximum Gasteiger partial charge on any atom is 0.330 e. The third-order valence-corrected chi connectivity index (χ3v) is 2.42. The molecule has 20 heavy (non-hydrogen) atoms. The summed E-state index contributed by atoms with van der Waals surface area (Å²) in [5.41, 5.74) is 0.423. The molecule has 0 atom stereocenters. The zero-order chi connectivity index (χ0) is 14.5. The van der Waals surface area contributed by atoms with Crippen molar-refractivity contribution in [3.05, 3.63) is 53.7 Å². The van der Waals surface area contributed by atoms with Crippen LogP contribution >= 0.6 is 0 Å². The fraction of sp³-hybridized carbons (Fsp3) is 0.143. The minimum atomic E-state index is -0.751. The van der Waals surface area contributed by atoms with E-state index in [4.69, 9.17) is 9.26 Å². The van der Waals surface area contributed by atoms with E-state index in [-0.39, 0.29) is 17.9 Å². The van der Waals surface area contributed by atoms with Gasteiger partial charge in [-0.25, -0.2) is 13.6 Å². The fourth-order valence-electron chi connectivity index (χ4n) is 1.53. The lowest BCUT2D eigenvalue weighted by atomic mass is 10.1. The average molecular weight is 279 g/mol. The van der Waals surface area contributed by atoms with Crippen LogP contribution in [0.25, 0.3) is 11.3 Å². The Labute approximate surface area is 113 Å². The highest BCUT2D eigenvalue weighted by Gasteiger charge is 2.12.